The lowest BCUT2D eigenvalue weighted by atomic mass is 10.0. The van der Waals surface area contributed by atoms with Crippen LogP contribution in [0, 0.1) is 0 Å². The van der Waals surface area contributed by atoms with Crippen molar-refractivity contribution in [2.45, 2.75) is 19.5 Å². The summed E-state index contributed by atoms with van der Waals surface area (Å²) >= 11 is 0. The van der Waals surface area contributed by atoms with E-state index < -0.39 is 12.1 Å². The molecule has 5 heteroatoms. The van der Waals surface area contributed by atoms with Gasteiger partial charge in [0.1, 0.15) is 6.04 Å². The number of nitrogens with zero attached hydrogens (tertiary/aromatic N) is 1. The zero-order valence-corrected chi connectivity index (χ0v) is 14.0. The van der Waals surface area contributed by atoms with E-state index >= 15 is 0 Å². The molecule has 0 radical (unpaired) electrons. The van der Waals surface area contributed by atoms with Gasteiger partial charge in [-0.1, -0.05) is 60.7 Å². The van der Waals surface area contributed by atoms with E-state index in [1.807, 2.05) is 72.6 Å². The number of hydrogen-bond donors (Lipinski definition) is 2. The van der Waals surface area contributed by atoms with Gasteiger partial charge in [-0.15, -0.1) is 0 Å². The Bertz CT molecular complexity index is 659. The quantitative estimate of drug-likeness (QED) is 0.858. The lowest BCUT2D eigenvalue weighted by Gasteiger charge is -2.27. The van der Waals surface area contributed by atoms with E-state index in [1.165, 1.54) is 0 Å². The maximum atomic E-state index is 12.6. The van der Waals surface area contributed by atoms with Crippen molar-refractivity contribution in [2.75, 3.05) is 13.6 Å². The average Bonchev–Trinajstić information content (AvgIpc) is 2.57. The van der Waals surface area contributed by atoms with Crippen molar-refractivity contribution in [1.82, 2.24) is 15.5 Å². The maximum absolute atomic E-state index is 12.6. The molecule has 2 rings (SSSR count). The van der Waals surface area contributed by atoms with Gasteiger partial charge in [0, 0.05) is 13.1 Å². The van der Waals surface area contributed by atoms with E-state index in [4.69, 9.17) is 0 Å². The number of hydrogen-bond acceptors (Lipinski definition) is 3. The number of likely N-dealkylation sites (N-methyl/N-ethyl adjacent to an activating group) is 1. The Morgan fingerprint density at radius 3 is 2.17 bits per heavy atom. The molecule has 0 saturated carbocycles. The fraction of sp³-hybridized carbons (Fsp3) is 0.263. The molecule has 2 N–H and O–H groups in total. The fourth-order valence-corrected chi connectivity index (χ4v) is 2.59. The molecule has 0 aliphatic carbocycles. The van der Waals surface area contributed by atoms with Crippen LogP contribution in [-0.4, -0.2) is 30.4 Å². The summed E-state index contributed by atoms with van der Waals surface area (Å²) in [5, 5.41) is 5.00. The van der Waals surface area contributed by atoms with Crippen LogP contribution in [0.4, 0.5) is 4.79 Å². The zero-order valence-electron chi connectivity index (χ0n) is 14.0. The van der Waals surface area contributed by atoms with Crippen molar-refractivity contribution in [3.63, 3.8) is 0 Å². The Balaban J connectivity index is 2.19. The van der Waals surface area contributed by atoms with Gasteiger partial charge in [0.2, 0.25) is 5.91 Å². The summed E-state index contributed by atoms with van der Waals surface area (Å²) in [6.45, 7) is 2.87. The van der Waals surface area contributed by atoms with Crippen molar-refractivity contribution in [1.29, 1.82) is 0 Å². The third kappa shape index (κ3) is 4.93. The molecule has 0 heterocycles. The first kappa shape index (κ1) is 17.7. The van der Waals surface area contributed by atoms with E-state index in [2.05, 4.69) is 10.6 Å². The number of amides is 3. The monoisotopic (exact) mass is 325 g/mol. The minimum Gasteiger partial charge on any atom is -0.338 e. The minimum absolute atomic E-state index is 0.342. The first-order valence-corrected chi connectivity index (χ1v) is 7.99. The van der Waals surface area contributed by atoms with Crippen LogP contribution in [0.25, 0.3) is 0 Å². The Kier molecular flexibility index (Phi) is 6.51. The number of imide groups is 1. The zero-order chi connectivity index (χ0) is 17.4. The van der Waals surface area contributed by atoms with Crippen LogP contribution in [0.1, 0.15) is 24.1 Å². The van der Waals surface area contributed by atoms with Gasteiger partial charge >= 0.3 is 6.03 Å². The molecule has 5 nitrogen and oxygen atoms in total. The molecule has 0 fully saturated rings. The highest BCUT2D eigenvalue weighted by atomic mass is 16.2. The summed E-state index contributed by atoms with van der Waals surface area (Å²) in [6, 6.07) is 18.4. The third-order valence-electron chi connectivity index (χ3n) is 3.65. The molecule has 0 unspecified atom stereocenters. The molecule has 24 heavy (non-hydrogen) atoms. The van der Waals surface area contributed by atoms with Crippen molar-refractivity contribution in [3.05, 3.63) is 71.8 Å². The standard InChI is InChI=1S/C19H23N3O2/c1-3-20-19(24)21-18(23)17(16-12-8-5-9-13-16)22(2)14-15-10-6-4-7-11-15/h4-13,17H,3,14H2,1-2H3,(H2,20,21,23,24)/t17-/m0/s1. The summed E-state index contributed by atoms with van der Waals surface area (Å²) in [7, 11) is 1.88. The van der Waals surface area contributed by atoms with Crippen LogP contribution in [0.3, 0.4) is 0 Å². The molecule has 0 aromatic heterocycles. The minimum atomic E-state index is -0.547. The fourth-order valence-electron chi connectivity index (χ4n) is 2.59. The van der Waals surface area contributed by atoms with E-state index in [9.17, 15) is 9.59 Å². The molecule has 126 valence electrons. The molecule has 0 saturated heterocycles. The van der Waals surface area contributed by atoms with Crippen LogP contribution < -0.4 is 10.6 Å². The maximum Gasteiger partial charge on any atom is 0.321 e. The van der Waals surface area contributed by atoms with Crippen molar-refractivity contribution < 1.29 is 9.59 Å². The van der Waals surface area contributed by atoms with Gasteiger partial charge in [0.05, 0.1) is 0 Å². The Morgan fingerprint density at radius 2 is 1.58 bits per heavy atom. The number of carbonyl (C=O) groups excluding carboxylic acids is 2. The average molecular weight is 325 g/mol. The van der Waals surface area contributed by atoms with Gasteiger partial charge in [-0.05, 0) is 25.1 Å². The van der Waals surface area contributed by atoms with Crippen LogP contribution in [0.5, 0.6) is 0 Å². The highest BCUT2D eigenvalue weighted by molar-refractivity contribution is 5.97. The molecule has 2 aromatic rings. The van der Waals surface area contributed by atoms with E-state index in [0.29, 0.717) is 13.1 Å². The molecule has 3 amide bonds. The molecule has 0 aliphatic rings. The normalized spacial score (nSPS) is 11.8. The molecular weight excluding hydrogens is 302 g/mol. The van der Waals surface area contributed by atoms with Crippen LogP contribution in [-0.2, 0) is 11.3 Å². The molecule has 0 bridgehead atoms. The number of nitrogens with one attached hydrogen (secondary N) is 2. The van der Waals surface area contributed by atoms with Crippen LogP contribution >= 0.6 is 0 Å². The summed E-state index contributed by atoms with van der Waals surface area (Å²) in [5.74, 6) is -0.342. The van der Waals surface area contributed by atoms with Gasteiger partial charge in [-0.2, -0.15) is 0 Å². The van der Waals surface area contributed by atoms with Gasteiger partial charge in [0.25, 0.3) is 0 Å². The Morgan fingerprint density at radius 1 is 1.00 bits per heavy atom. The third-order valence-corrected chi connectivity index (χ3v) is 3.65. The largest absolute Gasteiger partial charge is 0.338 e. The second kappa shape index (κ2) is 8.84. The van der Waals surface area contributed by atoms with Crippen molar-refractivity contribution in [3.8, 4) is 0 Å². The van der Waals surface area contributed by atoms with Gasteiger partial charge < -0.3 is 5.32 Å². The highest BCUT2D eigenvalue weighted by Gasteiger charge is 2.26. The molecule has 1 atom stereocenters. The van der Waals surface area contributed by atoms with Gasteiger partial charge in [-0.3, -0.25) is 15.0 Å². The summed E-state index contributed by atoms with van der Waals surface area (Å²) < 4.78 is 0. The van der Waals surface area contributed by atoms with Crippen LogP contribution in [0.15, 0.2) is 60.7 Å². The Hall–Kier alpha value is -2.66. The van der Waals surface area contributed by atoms with Crippen molar-refractivity contribution in [2.24, 2.45) is 0 Å². The summed E-state index contributed by atoms with van der Waals surface area (Å²) in [6.07, 6.45) is 0. The molecule has 2 aromatic carbocycles. The van der Waals surface area contributed by atoms with Gasteiger partial charge in [-0.25, -0.2) is 4.79 Å². The second-order valence-electron chi connectivity index (χ2n) is 5.56. The van der Waals surface area contributed by atoms with E-state index in [-0.39, 0.29) is 5.91 Å². The predicted octanol–water partition coefficient (Wildman–Crippen LogP) is 2.71. The Labute approximate surface area is 142 Å². The number of benzene rings is 2. The first-order valence-electron chi connectivity index (χ1n) is 7.99. The molecule has 0 aliphatic heterocycles. The number of rotatable bonds is 6. The second-order valence-corrected chi connectivity index (χ2v) is 5.56. The topological polar surface area (TPSA) is 61.4 Å². The van der Waals surface area contributed by atoms with Crippen LogP contribution in [0.2, 0.25) is 0 Å². The smallest absolute Gasteiger partial charge is 0.321 e. The van der Waals surface area contributed by atoms with Crippen molar-refractivity contribution >= 4 is 11.9 Å². The number of urea groups is 1. The lowest BCUT2D eigenvalue weighted by molar-refractivity contribution is -0.125. The SMILES string of the molecule is CCNC(=O)NC(=O)[C@H](c1ccccc1)N(C)Cc1ccccc1. The highest BCUT2D eigenvalue weighted by Crippen LogP contribution is 2.21. The van der Waals surface area contributed by atoms with E-state index in [0.717, 1.165) is 11.1 Å². The van der Waals surface area contributed by atoms with Gasteiger partial charge in [0.15, 0.2) is 0 Å². The lowest BCUT2D eigenvalue weighted by Crippen LogP contribution is -2.45. The first-order chi connectivity index (χ1) is 11.6. The predicted molar refractivity (Wildman–Crippen MR) is 94.3 cm³/mol. The van der Waals surface area contributed by atoms with E-state index in [1.54, 1.807) is 6.92 Å². The molecular formula is C19H23N3O2. The number of carbonyl (C=O) groups is 2. The molecule has 0 spiro atoms. The summed E-state index contributed by atoms with van der Waals surface area (Å²) in [4.78, 5) is 26.3. The summed E-state index contributed by atoms with van der Waals surface area (Å²) in [5.41, 5.74) is 1.95.